The molecule has 1 aromatic carbocycles. The van der Waals surface area contributed by atoms with Crippen molar-refractivity contribution in [3.05, 3.63) is 39.4 Å². The fourth-order valence-electron chi connectivity index (χ4n) is 1.33. The third kappa shape index (κ3) is 2.51. The van der Waals surface area contributed by atoms with E-state index in [0.29, 0.717) is 17.7 Å². The zero-order chi connectivity index (χ0) is 11.4. The van der Waals surface area contributed by atoms with E-state index in [2.05, 4.69) is 0 Å². The highest BCUT2D eigenvalue weighted by Gasteiger charge is 2.17. The highest BCUT2D eigenvalue weighted by molar-refractivity contribution is 5.50. The number of rotatable bonds is 3. The van der Waals surface area contributed by atoms with Crippen molar-refractivity contribution in [1.82, 2.24) is 4.90 Å². The SMILES string of the molecule is CN(C)Cc1c(C#N)cccc1[N+](=O)[O-]. The normalized spacial score (nSPS) is 10.0. The number of benzene rings is 1. The van der Waals surface area contributed by atoms with Crippen LogP contribution in [0.1, 0.15) is 11.1 Å². The Bertz CT molecular complexity index is 421. The van der Waals surface area contributed by atoms with Crippen molar-refractivity contribution < 1.29 is 4.92 Å². The number of nitrogens with zero attached hydrogens (tertiary/aromatic N) is 3. The Balaban J connectivity index is 3.28. The van der Waals surface area contributed by atoms with Crippen LogP contribution in [0.25, 0.3) is 0 Å². The van der Waals surface area contributed by atoms with Gasteiger partial charge in [-0.15, -0.1) is 0 Å². The second-order valence-electron chi connectivity index (χ2n) is 3.41. The second-order valence-corrected chi connectivity index (χ2v) is 3.41. The van der Waals surface area contributed by atoms with Crippen LogP contribution in [0.4, 0.5) is 5.69 Å². The lowest BCUT2D eigenvalue weighted by Gasteiger charge is -2.10. The Morgan fingerprint density at radius 3 is 2.67 bits per heavy atom. The lowest BCUT2D eigenvalue weighted by atomic mass is 10.1. The molecule has 0 aliphatic carbocycles. The third-order valence-corrected chi connectivity index (χ3v) is 1.94. The van der Waals surface area contributed by atoms with Crippen molar-refractivity contribution in [2.45, 2.75) is 6.54 Å². The van der Waals surface area contributed by atoms with E-state index < -0.39 is 4.92 Å². The maximum absolute atomic E-state index is 10.7. The van der Waals surface area contributed by atoms with Gasteiger partial charge in [-0.1, -0.05) is 6.07 Å². The standard InChI is InChI=1S/C10H11N3O2/c1-12(2)7-9-8(6-11)4-3-5-10(9)13(14)15/h3-5H,7H2,1-2H3. The zero-order valence-corrected chi connectivity index (χ0v) is 8.60. The van der Waals surface area contributed by atoms with Crippen LogP contribution in [0.3, 0.4) is 0 Å². The first kappa shape index (κ1) is 11.1. The molecule has 0 atom stereocenters. The first-order valence-corrected chi connectivity index (χ1v) is 4.37. The van der Waals surface area contributed by atoms with Crippen molar-refractivity contribution in [3.8, 4) is 6.07 Å². The molecule has 0 unspecified atom stereocenters. The predicted molar refractivity (Wildman–Crippen MR) is 55.2 cm³/mol. The number of nitriles is 1. The average molecular weight is 205 g/mol. The van der Waals surface area contributed by atoms with E-state index in [-0.39, 0.29) is 5.69 Å². The molecule has 15 heavy (non-hydrogen) atoms. The molecule has 0 radical (unpaired) electrons. The van der Waals surface area contributed by atoms with Gasteiger partial charge < -0.3 is 4.90 Å². The largest absolute Gasteiger partial charge is 0.305 e. The molecule has 1 aromatic rings. The minimum absolute atomic E-state index is 0.00255. The molecule has 78 valence electrons. The summed E-state index contributed by atoms with van der Waals surface area (Å²) in [6, 6.07) is 6.49. The quantitative estimate of drug-likeness (QED) is 0.554. The van der Waals surface area contributed by atoms with E-state index in [1.165, 1.54) is 12.1 Å². The molecule has 0 aromatic heterocycles. The van der Waals surface area contributed by atoms with Crippen LogP contribution >= 0.6 is 0 Å². The van der Waals surface area contributed by atoms with E-state index in [9.17, 15) is 10.1 Å². The van der Waals surface area contributed by atoms with Crippen LogP contribution in [0, 0.1) is 21.4 Å². The summed E-state index contributed by atoms with van der Waals surface area (Å²) in [4.78, 5) is 12.1. The molecular formula is C10H11N3O2. The summed E-state index contributed by atoms with van der Waals surface area (Å²) in [6.45, 7) is 0.389. The van der Waals surface area contributed by atoms with Gasteiger partial charge in [0.1, 0.15) is 0 Å². The topological polar surface area (TPSA) is 70.2 Å². The van der Waals surface area contributed by atoms with Crippen LogP contribution in [0.5, 0.6) is 0 Å². The smallest absolute Gasteiger partial charge is 0.275 e. The van der Waals surface area contributed by atoms with E-state index in [1.807, 2.05) is 6.07 Å². The molecule has 0 bridgehead atoms. The Morgan fingerprint density at radius 1 is 1.53 bits per heavy atom. The van der Waals surface area contributed by atoms with Gasteiger partial charge in [0, 0.05) is 12.6 Å². The van der Waals surface area contributed by atoms with Gasteiger partial charge in [0.15, 0.2) is 0 Å². The lowest BCUT2D eigenvalue weighted by molar-refractivity contribution is -0.385. The van der Waals surface area contributed by atoms with Gasteiger partial charge in [0.2, 0.25) is 0 Å². The molecule has 0 fully saturated rings. The summed E-state index contributed by atoms with van der Waals surface area (Å²) in [5, 5.41) is 19.6. The fraction of sp³-hybridized carbons (Fsp3) is 0.300. The van der Waals surface area contributed by atoms with Gasteiger partial charge in [0.25, 0.3) is 5.69 Å². The van der Waals surface area contributed by atoms with Gasteiger partial charge in [0.05, 0.1) is 22.1 Å². The average Bonchev–Trinajstić information content (AvgIpc) is 2.16. The minimum Gasteiger partial charge on any atom is -0.305 e. The zero-order valence-electron chi connectivity index (χ0n) is 8.60. The van der Waals surface area contributed by atoms with Gasteiger partial charge in [-0.2, -0.15) is 5.26 Å². The van der Waals surface area contributed by atoms with Crippen molar-refractivity contribution in [1.29, 1.82) is 5.26 Å². The molecule has 0 spiro atoms. The van der Waals surface area contributed by atoms with Crippen LogP contribution in [-0.2, 0) is 6.54 Å². The fourth-order valence-corrected chi connectivity index (χ4v) is 1.33. The van der Waals surface area contributed by atoms with Gasteiger partial charge in [-0.3, -0.25) is 10.1 Å². The molecule has 0 saturated heterocycles. The lowest BCUT2D eigenvalue weighted by Crippen LogP contribution is -2.13. The van der Waals surface area contributed by atoms with E-state index in [1.54, 1.807) is 25.1 Å². The summed E-state index contributed by atoms with van der Waals surface area (Å²) in [5.74, 6) is 0. The van der Waals surface area contributed by atoms with Gasteiger partial charge in [-0.05, 0) is 20.2 Å². The summed E-state index contributed by atoms with van der Waals surface area (Å²) in [7, 11) is 3.61. The minimum atomic E-state index is -0.459. The van der Waals surface area contributed by atoms with E-state index in [4.69, 9.17) is 5.26 Å². The van der Waals surface area contributed by atoms with E-state index in [0.717, 1.165) is 0 Å². The molecule has 0 saturated carbocycles. The summed E-state index contributed by atoms with van der Waals surface area (Å²) < 4.78 is 0. The van der Waals surface area contributed by atoms with Crippen molar-refractivity contribution in [3.63, 3.8) is 0 Å². The Morgan fingerprint density at radius 2 is 2.20 bits per heavy atom. The first-order valence-electron chi connectivity index (χ1n) is 4.37. The molecule has 0 aliphatic heterocycles. The number of hydrogen-bond acceptors (Lipinski definition) is 4. The summed E-state index contributed by atoms with van der Waals surface area (Å²) in [5.41, 5.74) is 0.829. The molecule has 5 heteroatoms. The maximum Gasteiger partial charge on any atom is 0.275 e. The monoisotopic (exact) mass is 205 g/mol. The first-order chi connectivity index (χ1) is 7.06. The van der Waals surface area contributed by atoms with Crippen LogP contribution in [-0.4, -0.2) is 23.9 Å². The van der Waals surface area contributed by atoms with Crippen molar-refractivity contribution >= 4 is 5.69 Å². The van der Waals surface area contributed by atoms with Crippen LogP contribution < -0.4 is 0 Å². The Labute approximate surface area is 87.7 Å². The van der Waals surface area contributed by atoms with E-state index >= 15 is 0 Å². The Kier molecular flexibility index (Phi) is 3.37. The van der Waals surface area contributed by atoms with Crippen molar-refractivity contribution in [2.24, 2.45) is 0 Å². The molecule has 0 heterocycles. The maximum atomic E-state index is 10.7. The third-order valence-electron chi connectivity index (χ3n) is 1.94. The number of hydrogen-bond donors (Lipinski definition) is 0. The highest BCUT2D eigenvalue weighted by Crippen LogP contribution is 2.22. The molecule has 0 amide bonds. The highest BCUT2D eigenvalue weighted by atomic mass is 16.6. The van der Waals surface area contributed by atoms with Crippen LogP contribution in [0.2, 0.25) is 0 Å². The number of nitro groups is 1. The molecule has 0 N–H and O–H groups in total. The molecular weight excluding hydrogens is 194 g/mol. The molecule has 0 aliphatic rings. The predicted octanol–water partition coefficient (Wildman–Crippen LogP) is 1.53. The molecule has 1 rings (SSSR count). The second kappa shape index (κ2) is 4.53. The number of nitro benzene ring substituents is 1. The van der Waals surface area contributed by atoms with Gasteiger partial charge >= 0.3 is 0 Å². The Hall–Kier alpha value is -1.93. The van der Waals surface area contributed by atoms with Crippen LogP contribution in [0.15, 0.2) is 18.2 Å². The molecule has 5 nitrogen and oxygen atoms in total. The van der Waals surface area contributed by atoms with Gasteiger partial charge in [-0.25, -0.2) is 0 Å². The summed E-state index contributed by atoms with van der Waals surface area (Å²) in [6.07, 6.45) is 0. The van der Waals surface area contributed by atoms with Crippen molar-refractivity contribution in [2.75, 3.05) is 14.1 Å². The summed E-state index contributed by atoms with van der Waals surface area (Å²) >= 11 is 0.